The summed E-state index contributed by atoms with van der Waals surface area (Å²) in [4.78, 5) is 16.8. The van der Waals surface area contributed by atoms with Gasteiger partial charge in [0.15, 0.2) is 0 Å². The van der Waals surface area contributed by atoms with Gasteiger partial charge >= 0.3 is 0 Å². The lowest BCUT2D eigenvalue weighted by molar-refractivity contribution is 0.0634. The summed E-state index contributed by atoms with van der Waals surface area (Å²) in [6.07, 6.45) is 2.26. The van der Waals surface area contributed by atoms with Crippen LogP contribution in [0, 0.1) is 6.92 Å². The molecule has 1 saturated heterocycles. The Morgan fingerprint density at radius 1 is 1.42 bits per heavy atom. The molecule has 3 nitrogen and oxygen atoms in total. The zero-order valence-corrected chi connectivity index (χ0v) is 13.4. The van der Waals surface area contributed by atoms with E-state index in [0.717, 1.165) is 35.1 Å². The number of rotatable bonds is 2. The molecule has 2 rings (SSSR count). The van der Waals surface area contributed by atoms with Crippen LogP contribution >= 0.6 is 15.9 Å². The maximum atomic E-state index is 12.6. The summed E-state index contributed by atoms with van der Waals surface area (Å²) in [5.41, 5.74) is 1.84. The number of piperidine rings is 1. The topological polar surface area (TPSA) is 23.6 Å². The number of carbonyl (C=O) groups is 1. The fraction of sp³-hybridized carbons (Fsp3) is 0.533. The number of hydrogen-bond acceptors (Lipinski definition) is 2. The molecule has 0 aromatic heterocycles. The van der Waals surface area contributed by atoms with E-state index in [0.29, 0.717) is 6.04 Å². The van der Waals surface area contributed by atoms with E-state index in [-0.39, 0.29) is 5.91 Å². The fourth-order valence-electron chi connectivity index (χ4n) is 2.57. The third-order valence-corrected chi connectivity index (χ3v) is 4.77. The van der Waals surface area contributed by atoms with E-state index in [1.54, 1.807) is 0 Å². The second-order valence-electron chi connectivity index (χ2n) is 5.42. The maximum Gasteiger partial charge on any atom is 0.254 e. The lowest BCUT2D eigenvalue weighted by atomic mass is 10.0. The van der Waals surface area contributed by atoms with E-state index in [1.807, 2.05) is 30.0 Å². The Morgan fingerprint density at radius 3 is 2.84 bits per heavy atom. The highest BCUT2D eigenvalue weighted by atomic mass is 79.9. The van der Waals surface area contributed by atoms with Crippen molar-refractivity contribution >= 4 is 21.8 Å². The molecule has 0 aliphatic carbocycles. The van der Waals surface area contributed by atoms with Crippen molar-refractivity contribution in [3.05, 3.63) is 33.8 Å². The van der Waals surface area contributed by atoms with Crippen LogP contribution in [0.4, 0.5) is 0 Å². The number of halogens is 1. The fourth-order valence-corrected chi connectivity index (χ4v) is 2.94. The molecule has 1 heterocycles. The van der Waals surface area contributed by atoms with Gasteiger partial charge in [0.25, 0.3) is 5.91 Å². The number of nitrogens with zero attached hydrogens (tertiary/aromatic N) is 2. The van der Waals surface area contributed by atoms with Crippen LogP contribution in [0.15, 0.2) is 22.7 Å². The highest BCUT2D eigenvalue weighted by Crippen LogP contribution is 2.22. The monoisotopic (exact) mass is 324 g/mol. The largest absolute Gasteiger partial charge is 0.337 e. The lowest BCUT2D eigenvalue weighted by Crippen LogP contribution is -2.47. The van der Waals surface area contributed by atoms with Crippen molar-refractivity contribution in [2.24, 2.45) is 0 Å². The molecule has 0 radical (unpaired) electrons. The van der Waals surface area contributed by atoms with Crippen molar-refractivity contribution in [1.82, 2.24) is 9.80 Å². The summed E-state index contributed by atoms with van der Waals surface area (Å²) in [7, 11) is 4.17. The van der Waals surface area contributed by atoms with Crippen LogP contribution in [0.3, 0.4) is 0 Å². The van der Waals surface area contributed by atoms with E-state index in [2.05, 4.69) is 34.9 Å². The first-order chi connectivity index (χ1) is 9.00. The van der Waals surface area contributed by atoms with Crippen LogP contribution in [0.5, 0.6) is 0 Å². The van der Waals surface area contributed by atoms with E-state index < -0.39 is 0 Å². The van der Waals surface area contributed by atoms with Crippen LogP contribution in [0.25, 0.3) is 0 Å². The Hall–Kier alpha value is -0.870. The summed E-state index contributed by atoms with van der Waals surface area (Å²) < 4.78 is 1.000. The molecular weight excluding hydrogens is 304 g/mol. The summed E-state index contributed by atoms with van der Waals surface area (Å²) in [5.74, 6) is 0.158. The molecule has 104 valence electrons. The second-order valence-corrected chi connectivity index (χ2v) is 6.28. The Balaban J connectivity index is 2.17. The maximum absolute atomic E-state index is 12.6. The SMILES string of the molecule is Cc1c(Br)cccc1C(=O)N1CCCC(N(C)C)C1. The molecule has 1 unspecified atom stereocenters. The molecule has 1 amide bonds. The molecule has 0 saturated carbocycles. The second kappa shape index (κ2) is 6.06. The summed E-state index contributed by atoms with van der Waals surface area (Å²) in [6.45, 7) is 3.69. The minimum absolute atomic E-state index is 0.158. The van der Waals surface area contributed by atoms with Gasteiger partial charge in [-0.2, -0.15) is 0 Å². The zero-order chi connectivity index (χ0) is 14.0. The number of hydrogen-bond donors (Lipinski definition) is 0. The average Bonchev–Trinajstić information content (AvgIpc) is 2.41. The third kappa shape index (κ3) is 3.18. The van der Waals surface area contributed by atoms with Gasteiger partial charge in [-0.3, -0.25) is 4.79 Å². The van der Waals surface area contributed by atoms with E-state index in [9.17, 15) is 4.79 Å². The first-order valence-electron chi connectivity index (χ1n) is 6.71. The number of benzene rings is 1. The molecule has 1 aliphatic rings. The van der Waals surface area contributed by atoms with Crippen molar-refractivity contribution in [3.8, 4) is 0 Å². The van der Waals surface area contributed by atoms with Gasteiger partial charge in [0.2, 0.25) is 0 Å². The van der Waals surface area contributed by atoms with Crippen molar-refractivity contribution in [3.63, 3.8) is 0 Å². The number of carbonyl (C=O) groups excluding carboxylic acids is 1. The Labute approximate surface area is 123 Å². The Kier molecular flexibility index (Phi) is 4.63. The van der Waals surface area contributed by atoms with Gasteiger partial charge in [0.1, 0.15) is 0 Å². The van der Waals surface area contributed by atoms with Gasteiger partial charge in [0, 0.05) is 29.2 Å². The minimum atomic E-state index is 0.158. The Morgan fingerprint density at radius 2 is 2.16 bits per heavy atom. The van der Waals surface area contributed by atoms with Crippen LogP contribution in [-0.4, -0.2) is 48.9 Å². The van der Waals surface area contributed by atoms with E-state index >= 15 is 0 Å². The Bertz CT molecular complexity index is 473. The summed E-state index contributed by atoms with van der Waals surface area (Å²) in [6, 6.07) is 6.30. The van der Waals surface area contributed by atoms with Crippen LogP contribution in [-0.2, 0) is 0 Å². The highest BCUT2D eigenvalue weighted by Gasteiger charge is 2.26. The predicted octanol–water partition coefficient (Wildman–Crippen LogP) is 2.92. The number of amides is 1. The van der Waals surface area contributed by atoms with Crippen LogP contribution in [0.2, 0.25) is 0 Å². The molecule has 19 heavy (non-hydrogen) atoms. The molecule has 0 spiro atoms. The summed E-state index contributed by atoms with van der Waals surface area (Å²) in [5, 5.41) is 0. The molecule has 1 fully saturated rings. The zero-order valence-electron chi connectivity index (χ0n) is 11.8. The van der Waals surface area contributed by atoms with Gasteiger partial charge in [-0.25, -0.2) is 0 Å². The molecule has 4 heteroatoms. The normalized spacial score (nSPS) is 19.8. The van der Waals surface area contributed by atoms with Gasteiger partial charge in [-0.15, -0.1) is 0 Å². The molecule has 1 atom stereocenters. The molecule has 1 aliphatic heterocycles. The smallest absolute Gasteiger partial charge is 0.254 e. The third-order valence-electron chi connectivity index (χ3n) is 3.91. The van der Waals surface area contributed by atoms with Crippen molar-refractivity contribution < 1.29 is 4.79 Å². The number of likely N-dealkylation sites (N-methyl/N-ethyl adjacent to an activating group) is 1. The first-order valence-corrected chi connectivity index (χ1v) is 7.51. The van der Waals surface area contributed by atoms with E-state index in [4.69, 9.17) is 0 Å². The number of likely N-dealkylation sites (tertiary alicyclic amines) is 1. The van der Waals surface area contributed by atoms with Crippen molar-refractivity contribution in [2.75, 3.05) is 27.2 Å². The van der Waals surface area contributed by atoms with Gasteiger partial charge in [0.05, 0.1) is 0 Å². The molecule has 1 aromatic rings. The van der Waals surface area contributed by atoms with Gasteiger partial charge < -0.3 is 9.80 Å². The first kappa shape index (κ1) is 14.5. The predicted molar refractivity (Wildman–Crippen MR) is 81.5 cm³/mol. The van der Waals surface area contributed by atoms with E-state index in [1.165, 1.54) is 6.42 Å². The van der Waals surface area contributed by atoms with Gasteiger partial charge in [-0.05, 0) is 51.6 Å². The lowest BCUT2D eigenvalue weighted by Gasteiger charge is -2.36. The quantitative estimate of drug-likeness (QED) is 0.835. The standard InChI is InChI=1S/C15H21BrN2O/c1-11-13(7-4-8-14(11)16)15(19)18-9-5-6-12(10-18)17(2)3/h4,7-8,12H,5-6,9-10H2,1-3H3. The minimum Gasteiger partial charge on any atom is -0.337 e. The highest BCUT2D eigenvalue weighted by molar-refractivity contribution is 9.10. The van der Waals surface area contributed by atoms with Crippen molar-refractivity contribution in [1.29, 1.82) is 0 Å². The van der Waals surface area contributed by atoms with Crippen molar-refractivity contribution in [2.45, 2.75) is 25.8 Å². The molecular formula is C15H21BrN2O. The van der Waals surface area contributed by atoms with Crippen LogP contribution in [0.1, 0.15) is 28.8 Å². The van der Waals surface area contributed by atoms with Crippen LogP contribution < -0.4 is 0 Å². The molecule has 0 bridgehead atoms. The summed E-state index contributed by atoms with van der Waals surface area (Å²) >= 11 is 3.49. The molecule has 1 aromatic carbocycles. The average molecular weight is 325 g/mol. The van der Waals surface area contributed by atoms with Gasteiger partial charge in [-0.1, -0.05) is 22.0 Å². The molecule has 0 N–H and O–H groups in total.